The van der Waals surface area contributed by atoms with Crippen LogP contribution in [0.5, 0.6) is 5.75 Å². The average Bonchev–Trinajstić information content (AvgIpc) is 3.02. The molecule has 2 aromatic carbocycles. The molecule has 2 aromatic rings. The highest BCUT2D eigenvalue weighted by atomic mass is 35.5. The average molecular weight is 477 g/mol. The molecule has 1 aliphatic rings. The van der Waals surface area contributed by atoms with Crippen molar-refractivity contribution in [1.82, 2.24) is 4.90 Å². The van der Waals surface area contributed by atoms with E-state index in [-0.39, 0.29) is 24.0 Å². The summed E-state index contributed by atoms with van der Waals surface area (Å²) in [5.74, 6) is -0.0217. The first-order valence-corrected chi connectivity index (χ1v) is 12.0. The Hall–Kier alpha value is -1.47. The fraction of sp³-hybridized carbons (Fsp3) is 0.350. The van der Waals surface area contributed by atoms with Crippen LogP contribution < -0.4 is 4.74 Å². The van der Waals surface area contributed by atoms with E-state index in [1.165, 1.54) is 6.07 Å². The fourth-order valence-corrected chi connectivity index (χ4v) is 5.64. The molecule has 0 radical (unpaired) electrons. The van der Waals surface area contributed by atoms with Gasteiger partial charge in [0, 0.05) is 22.6 Å². The molecule has 0 aliphatic carbocycles. The second-order valence-corrected chi connectivity index (χ2v) is 10.4. The molecular formula is C20H20Cl3NO4S. The maximum absolute atomic E-state index is 13.2. The number of ether oxygens (including phenoxy) is 1. The molecule has 1 amide bonds. The largest absolute Gasteiger partial charge is 0.479 e. The minimum absolute atomic E-state index is 0.0578. The zero-order valence-corrected chi connectivity index (χ0v) is 18.7. The molecule has 5 nitrogen and oxygen atoms in total. The number of amides is 1. The Balaban J connectivity index is 1.84. The molecule has 156 valence electrons. The Morgan fingerprint density at radius 2 is 1.90 bits per heavy atom. The molecule has 1 aliphatic heterocycles. The van der Waals surface area contributed by atoms with Gasteiger partial charge in [-0.3, -0.25) is 4.79 Å². The van der Waals surface area contributed by atoms with E-state index in [0.717, 1.165) is 5.56 Å². The molecule has 29 heavy (non-hydrogen) atoms. The van der Waals surface area contributed by atoms with Gasteiger partial charge in [-0.1, -0.05) is 53.0 Å². The van der Waals surface area contributed by atoms with Crippen molar-refractivity contribution in [3.05, 3.63) is 63.1 Å². The highest BCUT2D eigenvalue weighted by molar-refractivity contribution is 7.91. The molecule has 1 heterocycles. The van der Waals surface area contributed by atoms with Crippen LogP contribution in [0.15, 0.2) is 42.5 Å². The Morgan fingerprint density at radius 1 is 1.17 bits per heavy atom. The van der Waals surface area contributed by atoms with Crippen LogP contribution in [0.3, 0.4) is 0 Å². The third kappa shape index (κ3) is 5.57. The standard InChI is InChI=1S/C20H20Cl3NO4S/c1-13(28-19-7-6-15(21)10-18(19)23)20(25)24(16-8-9-29(26,27)12-16)11-14-4-2-3-5-17(14)22/h2-7,10,13,16H,8-9,11-12H2,1H3/t13-,16+/m1/s1. The van der Waals surface area contributed by atoms with E-state index in [1.807, 2.05) is 12.1 Å². The highest BCUT2D eigenvalue weighted by Crippen LogP contribution is 2.29. The third-order valence-electron chi connectivity index (χ3n) is 4.78. The lowest BCUT2D eigenvalue weighted by Crippen LogP contribution is -2.46. The molecule has 0 unspecified atom stereocenters. The van der Waals surface area contributed by atoms with Gasteiger partial charge >= 0.3 is 0 Å². The fourth-order valence-electron chi connectivity index (χ4n) is 3.26. The van der Waals surface area contributed by atoms with Crippen LogP contribution in [0, 0.1) is 0 Å². The van der Waals surface area contributed by atoms with Gasteiger partial charge in [0.05, 0.1) is 16.5 Å². The van der Waals surface area contributed by atoms with Gasteiger partial charge in [0.15, 0.2) is 15.9 Å². The van der Waals surface area contributed by atoms with E-state index in [0.29, 0.717) is 27.2 Å². The van der Waals surface area contributed by atoms with Gasteiger partial charge in [-0.2, -0.15) is 0 Å². The van der Waals surface area contributed by atoms with Crippen molar-refractivity contribution < 1.29 is 17.9 Å². The second-order valence-electron chi connectivity index (χ2n) is 6.95. The van der Waals surface area contributed by atoms with Crippen molar-refractivity contribution in [3.63, 3.8) is 0 Å². The number of hydrogen-bond acceptors (Lipinski definition) is 4. The molecule has 0 N–H and O–H groups in total. The summed E-state index contributed by atoms with van der Waals surface area (Å²) in [7, 11) is -3.18. The van der Waals surface area contributed by atoms with E-state index >= 15 is 0 Å². The number of nitrogens with zero attached hydrogens (tertiary/aromatic N) is 1. The maximum Gasteiger partial charge on any atom is 0.263 e. The summed E-state index contributed by atoms with van der Waals surface area (Å²) < 4.78 is 29.8. The first-order valence-electron chi connectivity index (χ1n) is 9.02. The van der Waals surface area contributed by atoms with E-state index in [9.17, 15) is 13.2 Å². The highest BCUT2D eigenvalue weighted by Gasteiger charge is 2.37. The van der Waals surface area contributed by atoms with Crippen molar-refractivity contribution >= 4 is 50.5 Å². The molecule has 0 aromatic heterocycles. The van der Waals surface area contributed by atoms with Crippen molar-refractivity contribution in [2.45, 2.75) is 32.0 Å². The molecule has 9 heteroatoms. The summed E-state index contributed by atoms with van der Waals surface area (Å²) in [6.07, 6.45) is -0.494. The summed E-state index contributed by atoms with van der Waals surface area (Å²) >= 11 is 18.3. The van der Waals surface area contributed by atoms with Crippen LogP contribution in [-0.4, -0.2) is 42.9 Å². The summed E-state index contributed by atoms with van der Waals surface area (Å²) in [4.78, 5) is 14.8. The summed E-state index contributed by atoms with van der Waals surface area (Å²) in [6, 6.07) is 11.5. The van der Waals surface area contributed by atoms with Crippen molar-refractivity contribution in [3.8, 4) is 5.75 Å². The van der Waals surface area contributed by atoms with Gasteiger partial charge in [-0.15, -0.1) is 0 Å². The number of sulfone groups is 1. The quantitative estimate of drug-likeness (QED) is 0.610. The van der Waals surface area contributed by atoms with E-state index in [4.69, 9.17) is 39.5 Å². The lowest BCUT2D eigenvalue weighted by atomic mass is 10.1. The van der Waals surface area contributed by atoms with Gasteiger partial charge in [0.1, 0.15) is 5.75 Å². The van der Waals surface area contributed by atoms with Crippen LogP contribution in [0.1, 0.15) is 18.9 Å². The lowest BCUT2D eigenvalue weighted by molar-refractivity contribution is -0.140. The van der Waals surface area contributed by atoms with Crippen LogP contribution >= 0.6 is 34.8 Å². The number of benzene rings is 2. The van der Waals surface area contributed by atoms with Gasteiger partial charge in [-0.25, -0.2) is 8.42 Å². The topological polar surface area (TPSA) is 63.7 Å². The van der Waals surface area contributed by atoms with Gasteiger partial charge < -0.3 is 9.64 Å². The summed E-state index contributed by atoms with van der Waals surface area (Å²) in [5.41, 5.74) is 0.739. The minimum atomic E-state index is -3.18. The molecule has 1 fully saturated rings. The van der Waals surface area contributed by atoms with Crippen LogP contribution in [-0.2, 0) is 21.2 Å². The number of carbonyl (C=O) groups excluding carboxylic acids is 1. The van der Waals surface area contributed by atoms with Gasteiger partial charge in [-0.05, 0) is 43.2 Å². The van der Waals surface area contributed by atoms with E-state index in [2.05, 4.69) is 0 Å². The van der Waals surface area contributed by atoms with Gasteiger partial charge in [0.2, 0.25) is 0 Å². The molecule has 3 rings (SSSR count). The van der Waals surface area contributed by atoms with Crippen molar-refractivity contribution in [1.29, 1.82) is 0 Å². The van der Waals surface area contributed by atoms with Crippen molar-refractivity contribution in [2.75, 3.05) is 11.5 Å². The Morgan fingerprint density at radius 3 is 2.52 bits per heavy atom. The first-order chi connectivity index (χ1) is 13.7. The molecule has 0 saturated carbocycles. The molecular weight excluding hydrogens is 457 g/mol. The number of hydrogen-bond donors (Lipinski definition) is 0. The predicted octanol–water partition coefficient (Wildman–Crippen LogP) is 4.63. The third-order valence-corrected chi connectivity index (χ3v) is 7.43. The maximum atomic E-state index is 13.2. The lowest BCUT2D eigenvalue weighted by Gasteiger charge is -2.31. The SMILES string of the molecule is C[C@@H](Oc1ccc(Cl)cc1Cl)C(=O)N(Cc1ccccc1Cl)[C@H]1CCS(=O)(=O)C1. The minimum Gasteiger partial charge on any atom is -0.479 e. The molecule has 1 saturated heterocycles. The normalized spacial score (nSPS) is 19.0. The summed E-state index contributed by atoms with van der Waals surface area (Å²) in [6.45, 7) is 1.80. The van der Waals surface area contributed by atoms with Crippen LogP contribution in [0.4, 0.5) is 0 Å². The van der Waals surface area contributed by atoms with E-state index < -0.39 is 22.0 Å². The van der Waals surface area contributed by atoms with Crippen LogP contribution in [0.25, 0.3) is 0 Å². The van der Waals surface area contributed by atoms with Gasteiger partial charge in [0.25, 0.3) is 5.91 Å². The second kappa shape index (κ2) is 9.13. The summed E-state index contributed by atoms with van der Waals surface area (Å²) in [5, 5.41) is 1.26. The zero-order chi connectivity index (χ0) is 21.2. The first kappa shape index (κ1) is 22.2. The Bertz CT molecular complexity index is 1010. The number of carbonyl (C=O) groups is 1. The molecule has 2 atom stereocenters. The monoisotopic (exact) mass is 475 g/mol. The van der Waals surface area contributed by atoms with Crippen LogP contribution in [0.2, 0.25) is 15.1 Å². The zero-order valence-electron chi connectivity index (χ0n) is 15.6. The van der Waals surface area contributed by atoms with Crippen molar-refractivity contribution in [2.24, 2.45) is 0 Å². The number of rotatable bonds is 6. The molecule has 0 spiro atoms. The van der Waals surface area contributed by atoms with E-state index in [1.54, 1.807) is 36.1 Å². The smallest absolute Gasteiger partial charge is 0.263 e. The Labute approximate surface area is 185 Å². The molecule has 0 bridgehead atoms. The number of halogens is 3. The predicted molar refractivity (Wildman–Crippen MR) is 116 cm³/mol. The Kier molecular flexibility index (Phi) is 6.99.